The van der Waals surface area contributed by atoms with Crippen LogP contribution in [0.15, 0.2) is 42.5 Å². The Bertz CT molecular complexity index is 752. The van der Waals surface area contributed by atoms with E-state index in [1.807, 2.05) is 0 Å². The fraction of sp³-hybridized carbons (Fsp3) is 0.188. The fourth-order valence-corrected chi connectivity index (χ4v) is 1.95. The van der Waals surface area contributed by atoms with Gasteiger partial charge in [-0.05, 0) is 30.3 Å². The number of carbonyl (C=O) groups excluding carboxylic acids is 1. The second-order valence-electron chi connectivity index (χ2n) is 4.81. The number of hydrogen-bond acceptors (Lipinski definition) is 3. The van der Waals surface area contributed by atoms with Crippen LogP contribution in [0.4, 0.5) is 23.2 Å². The summed E-state index contributed by atoms with van der Waals surface area (Å²) in [7, 11) is 0. The van der Waals surface area contributed by atoms with Crippen LogP contribution in [0.5, 0.6) is 11.5 Å². The zero-order valence-electron chi connectivity index (χ0n) is 12.6. The first kappa shape index (κ1) is 18.9. The van der Waals surface area contributed by atoms with E-state index in [-0.39, 0.29) is 22.2 Å². The molecular formula is C16H12ClF4NO3. The molecular weight excluding hydrogens is 366 g/mol. The molecule has 0 atom stereocenters. The van der Waals surface area contributed by atoms with Crippen LogP contribution in [0.3, 0.4) is 0 Å². The Labute approximate surface area is 145 Å². The highest BCUT2D eigenvalue weighted by Gasteiger charge is 2.29. The third kappa shape index (κ3) is 6.15. The predicted molar refractivity (Wildman–Crippen MR) is 83.5 cm³/mol. The van der Waals surface area contributed by atoms with E-state index in [1.54, 1.807) is 0 Å². The molecule has 1 amide bonds. The molecule has 2 aromatic rings. The van der Waals surface area contributed by atoms with Crippen LogP contribution in [0, 0.1) is 5.82 Å². The van der Waals surface area contributed by atoms with Crippen LogP contribution in [0.2, 0.25) is 5.02 Å². The normalized spacial score (nSPS) is 11.1. The van der Waals surface area contributed by atoms with Crippen molar-refractivity contribution in [2.24, 2.45) is 0 Å². The molecule has 0 aliphatic carbocycles. The van der Waals surface area contributed by atoms with E-state index in [2.05, 4.69) is 10.1 Å². The van der Waals surface area contributed by atoms with Crippen molar-refractivity contribution >= 4 is 23.2 Å². The van der Waals surface area contributed by atoms with Gasteiger partial charge < -0.3 is 14.8 Å². The number of para-hydroxylation sites is 1. The monoisotopic (exact) mass is 377 g/mol. The largest absolute Gasteiger partial charge is 0.482 e. The van der Waals surface area contributed by atoms with Crippen molar-refractivity contribution in [3.8, 4) is 11.5 Å². The van der Waals surface area contributed by atoms with Crippen molar-refractivity contribution in [3.63, 3.8) is 0 Å². The van der Waals surface area contributed by atoms with E-state index >= 15 is 0 Å². The van der Waals surface area contributed by atoms with Crippen LogP contribution in [0.25, 0.3) is 0 Å². The number of amides is 1. The highest BCUT2D eigenvalue weighted by Crippen LogP contribution is 2.29. The van der Waals surface area contributed by atoms with Crippen molar-refractivity contribution in [3.05, 3.63) is 53.3 Å². The number of rotatable bonds is 6. The van der Waals surface area contributed by atoms with Crippen molar-refractivity contribution in [1.29, 1.82) is 0 Å². The predicted octanol–water partition coefficient (Wildman–Crippen LogP) is 4.44. The second-order valence-corrected chi connectivity index (χ2v) is 5.25. The van der Waals surface area contributed by atoms with E-state index < -0.39 is 31.1 Å². The lowest BCUT2D eigenvalue weighted by atomic mass is 10.3. The lowest BCUT2D eigenvalue weighted by Crippen LogP contribution is -2.22. The summed E-state index contributed by atoms with van der Waals surface area (Å²) in [6, 6.07) is 9.22. The SMILES string of the molecule is O=C(COc1ccccc1F)Nc1cc(Cl)ccc1OCC(F)(F)F. The highest BCUT2D eigenvalue weighted by atomic mass is 35.5. The number of benzene rings is 2. The molecule has 0 aromatic heterocycles. The maximum Gasteiger partial charge on any atom is 0.422 e. The molecule has 25 heavy (non-hydrogen) atoms. The first-order valence-electron chi connectivity index (χ1n) is 6.91. The summed E-state index contributed by atoms with van der Waals surface area (Å²) in [5, 5.41) is 2.50. The van der Waals surface area contributed by atoms with Gasteiger partial charge in [0.25, 0.3) is 5.91 Å². The van der Waals surface area contributed by atoms with Gasteiger partial charge in [-0.2, -0.15) is 13.2 Å². The van der Waals surface area contributed by atoms with Crippen LogP contribution in [0.1, 0.15) is 0 Å². The number of halogens is 5. The first-order valence-corrected chi connectivity index (χ1v) is 7.29. The Morgan fingerprint density at radius 2 is 1.80 bits per heavy atom. The minimum absolute atomic E-state index is 0.0566. The third-order valence-corrected chi connectivity index (χ3v) is 3.04. The average molecular weight is 378 g/mol. The van der Waals surface area contributed by atoms with E-state index in [0.29, 0.717) is 0 Å². The molecule has 0 unspecified atom stereocenters. The summed E-state index contributed by atoms with van der Waals surface area (Å²) < 4.78 is 59.9. The topological polar surface area (TPSA) is 47.6 Å². The van der Waals surface area contributed by atoms with Gasteiger partial charge in [0.05, 0.1) is 5.69 Å². The maximum absolute atomic E-state index is 13.4. The summed E-state index contributed by atoms with van der Waals surface area (Å²) in [5.41, 5.74) is -0.0566. The molecule has 0 saturated carbocycles. The highest BCUT2D eigenvalue weighted by molar-refractivity contribution is 6.31. The molecule has 2 rings (SSSR count). The molecule has 0 bridgehead atoms. The minimum atomic E-state index is -4.53. The van der Waals surface area contributed by atoms with Crippen molar-refractivity contribution in [2.75, 3.05) is 18.5 Å². The summed E-state index contributed by atoms with van der Waals surface area (Å²) >= 11 is 5.77. The van der Waals surface area contributed by atoms with Gasteiger partial charge in [-0.25, -0.2) is 4.39 Å². The first-order chi connectivity index (χ1) is 11.7. The van der Waals surface area contributed by atoms with Crippen molar-refractivity contribution in [1.82, 2.24) is 0 Å². The third-order valence-electron chi connectivity index (χ3n) is 2.80. The summed E-state index contributed by atoms with van der Waals surface area (Å²) in [4.78, 5) is 11.9. The molecule has 4 nitrogen and oxygen atoms in total. The zero-order chi connectivity index (χ0) is 18.4. The van der Waals surface area contributed by atoms with Gasteiger partial charge in [-0.15, -0.1) is 0 Å². The molecule has 0 fully saturated rings. The summed E-state index contributed by atoms with van der Waals surface area (Å²) in [5.74, 6) is -1.70. The fourth-order valence-electron chi connectivity index (χ4n) is 1.78. The maximum atomic E-state index is 13.4. The standard InChI is InChI=1S/C16H12ClF4NO3/c17-10-5-6-14(25-9-16(19,20)21)12(7-10)22-15(23)8-24-13-4-2-1-3-11(13)18/h1-7H,8-9H2,(H,22,23). The minimum Gasteiger partial charge on any atom is -0.482 e. The molecule has 134 valence electrons. The molecule has 1 N–H and O–H groups in total. The summed E-state index contributed by atoms with van der Waals surface area (Å²) in [6.07, 6.45) is -4.53. The van der Waals surface area contributed by atoms with Crippen LogP contribution < -0.4 is 14.8 Å². The van der Waals surface area contributed by atoms with E-state index in [9.17, 15) is 22.4 Å². The lowest BCUT2D eigenvalue weighted by Gasteiger charge is -2.14. The molecule has 0 heterocycles. The van der Waals surface area contributed by atoms with Gasteiger partial charge >= 0.3 is 6.18 Å². The quantitative estimate of drug-likeness (QED) is 0.757. The molecule has 0 radical (unpaired) electrons. The van der Waals surface area contributed by atoms with Gasteiger partial charge in [-0.1, -0.05) is 23.7 Å². The number of alkyl halides is 3. The molecule has 0 spiro atoms. The van der Waals surface area contributed by atoms with E-state index in [4.69, 9.17) is 16.3 Å². The van der Waals surface area contributed by atoms with Gasteiger partial charge in [0, 0.05) is 5.02 Å². The molecule has 9 heteroatoms. The number of carbonyl (C=O) groups is 1. The number of hydrogen-bond donors (Lipinski definition) is 1. The zero-order valence-corrected chi connectivity index (χ0v) is 13.3. The van der Waals surface area contributed by atoms with Gasteiger partial charge in [0.2, 0.25) is 0 Å². The number of nitrogens with one attached hydrogen (secondary N) is 1. The van der Waals surface area contributed by atoms with Crippen LogP contribution >= 0.6 is 11.6 Å². The van der Waals surface area contributed by atoms with Gasteiger partial charge in [-0.3, -0.25) is 4.79 Å². The van der Waals surface area contributed by atoms with Crippen molar-refractivity contribution < 1.29 is 31.8 Å². The van der Waals surface area contributed by atoms with E-state index in [0.717, 1.165) is 6.07 Å². The Balaban J connectivity index is 2.01. The number of ether oxygens (including phenoxy) is 2. The Hall–Kier alpha value is -2.48. The van der Waals surface area contributed by atoms with E-state index in [1.165, 1.54) is 36.4 Å². The molecule has 0 aliphatic rings. The van der Waals surface area contributed by atoms with Gasteiger partial charge in [0.1, 0.15) is 5.75 Å². The second kappa shape index (κ2) is 8.06. The molecule has 0 aliphatic heterocycles. The summed E-state index contributed by atoms with van der Waals surface area (Å²) in [6.45, 7) is -2.07. The molecule has 0 saturated heterocycles. The van der Waals surface area contributed by atoms with Crippen molar-refractivity contribution in [2.45, 2.75) is 6.18 Å². The smallest absolute Gasteiger partial charge is 0.422 e. The Kier molecular flexibility index (Phi) is 6.08. The average Bonchev–Trinajstić information content (AvgIpc) is 2.52. The van der Waals surface area contributed by atoms with Gasteiger partial charge in [0.15, 0.2) is 24.8 Å². The lowest BCUT2D eigenvalue weighted by molar-refractivity contribution is -0.153. The van der Waals surface area contributed by atoms with Crippen LogP contribution in [-0.2, 0) is 4.79 Å². The Morgan fingerprint density at radius 1 is 1.08 bits per heavy atom. The molecule has 2 aromatic carbocycles. The Morgan fingerprint density at radius 3 is 2.48 bits per heavy atom. The van der Waals surface area contributed by atoms with Crippen LogP contribution in [-0.4, -0.2) is 25.3 Å². The number of anilines is 1.